The molecule has 0 saturated carbocycles. The lowest BCUT2D eigenvalue weighted by molar-refractivity contribution is 0.101. The number of Topliss-reactive ketones (excluding diaryl/α,β-unsaturated/α-hetero) is 1. The lowest BCUT2D eigenvalue weighted by Gasteiger charge is -2.34. The van der Waals surface area contributed by atoms with E-state index < -0.39 is 10.0 Å². The van der Waals surface area contributed by atoms with Crippen LogP contribution >= 0.6 is 0 Å². The molecule has 7 heteroatoms. The molecule has 0 atom stereocenters. The second-order valence-electron chi connectivity index (χ2n) is 6.10. The van der Waals surface area contributed by atoms with E-state index in [4.69, 9.17) is 0 Å². The summed E-state index contributed by atoms with van der Waals surface area (Å²) in [5.41, 5.74) is 1.86. The Morgan fingerprint density at radius 2 is 2.04 bits per heavy atom. The van der Waals surface area contributed by atoms with Crippen LogP contribution in [0.4, 0.5) is 5.69 Å². The van der Waals surface area contributed by atoms with Gasteiger partial charge in [-0.25, -0.2) is 13.1 Å². The van der Waals surface area contributed by atoms with Gasteiger partial charge in [0.25, 0.3) is 0 Å². The first-order valence-electron chi connectivity index (χ1n) is 8.16. The van der Waals surface area contributed by atoms with Gasteiger partial charge in [0.1, 0.15) is 6.07 Å². The van der Waals surface area contributed by atoms with Crippen molar-refractivity contribution in [2.45, 2.75) is 39.2 Å². The van der Waals surface area contributed by atoms with Crippen LogP contribution in [0.25, 0.3) is 0 Å². The number of benzene rings is 1. The van der Waals surface area contributed by atoms with Crippen molar-refractivity contribution in [3.63, 3.8) is 0 Å². The van der Waals surface area contributed by atoms with Gasteiger partial charge in [-0.05, 0) is 44.4 Å². The summed E-state index contributed by atoms with van der Waals surface area (Å²) in [6.07, 6.45) is 1.95. The monoisotopic (exact) mass is 349 g/mol. The summed E-state index contributed by atoms with van der Waals surface area (Å²) in [7, 11) is -3.21. The van der Waals surface area contributed by atoms with E-state index in [9.17, 15) is 18.5 Å². The van der Waals surface area contributed by atoms with E-state index in [1.165, 1.54) is 6.92 Å². The third kappa shape index (κ3) is 4.56. The van der Waals surface area contributed by atoms with E-state index in [-0.39, 0.29) is 17.6 Å². The number of hydrogen-bond acceptors (Lipinski definition) is 5. The molecule has 0 bridgehead atoms. The minimum atomic E-state index is -3.21. The number of nitrogens with one attached hydrogen (secondary N) is 1. The molecule has 0 unspecified atom stereocenters. The van der Waals surface area contributed by atoms with Crippen molar-refractivity contribution < 1.29 is 13.2 Å². The number of carbonyl (C=O) groups excluding carboxylic acids is 1. The van der Waals surface area contributed by atoms with Gasteiger partial charge >= 0.3 is 0 Å². The molecule has 1 N–H and O–H groups in total. The van der Waals surface area contributed by atoms with Crippen LogP contribution in [0.15, 0.2) is 18.2 Å². The zero-order valence-electron chi connectivity index (χ0n) is 14.1. The fourth-order valence-corrected chi connectivity index (χ4v) is 4.33. The molecule has 1 aliphatic rings. The number of piperidine rings is 1. The number of carbonyl (C=O) groups is 1. The highest BCUT2D eigenvalue weighted by molar-refractivity contribution is 7.89. The first-order chi connectivity index (χ1) is 11.4. The molecule has 0 aliphatic carbocycles. The van der Waals surface area contributed by atoms with Gasteiger partial charge in [0, 0.05) is 24.7 Å². The Kier molecular flexibility index (Phi) is 5.97. The standard InChI is InChI=1S/C17H23N3O3S/c1-3-10-24(22,23)19-16-6-8-20(9-7-16)17-11-14(13(2)21)4-5-15(17)12-18/h4-5,11,16,19H,3,6-10H2,1-2H3. The average molecular weight is 349 g/mol. The van der Waals surface area contributed by atoms with Crippen molar-refractivity contribution in [1.82, 2.24) is 4.72 Å². The molecule has 1 heterocycles. The van der Waals surface area contributed by atoms with Gasteiger partial charge in [0.15, 0.2) is 5.78 Å². The second-order valence-corrected chi connectivity index (χ2v) is 7.97. The van der Waals surface area contributed by atoms with Crippen LogP contribution < -0.4 is 9.62 Å². The van der Waals surface area contributed by atoms with E-state index in [0.717, 1.165) is 5.69 Å². The van der Waals surface area contributed by atoms with Crippen LogP contribution in [0.1, 0.15) is 49.0 Å². The quantitative estimate of drug-likeness (QED) is 0.794. The zero-order valence-corrected chi connectivity index (χ0v) is 14.9. The highest BCUT2D eigenvalue weighted by Gasteiger charge is 2.24. The molecule has 0 amide bonds. The highest BCUT2D eigenvalue weighted by atomic mass is 32.2. The van der Waals surface area contributed by atoms with Gasteiger partial charge in [-0.15, -0.1) is 0 Å². The zero-order chi connectivity index (χ0) is 17.7. The van der Waals surface area contributed by atoms with E-state index in [0.29, 0.717) is 43.5 Å². The van der Waals surface area contributed by atoms with Crippen molar-refractivity contribution in [2.24, 2.45) is 0 Å². The average Bonchev–Trinajstić information content (AvgIpc) is 2.54. The number of ketones is 1. The Hall–Kier alpha value is -1.91. The summed E-state index contributed by atoms with van der Waals surface area (Å²) in [6.45, 7) is 4.64. The predicted octanol–water partition coefficient (Wildman–Crippen LogP) is 2.06. The molecule has 6 nitrogen and oxygen atoms in total. The maximum Gasteiger partial charge on any atom is 0.211 e. The summed E-state index contributed by atoms with van der Waals surface area (Å²) in [5.74, 6) is 0.106. The first-order valence-corrected chi connectivity index (χ1v) is 9.81. The third-order valence-electron chi connectivity index (χ3n) is 4.18. The molecule has 2 rings (SSSR count). The Morgan fingerprint density at radius 1 is 1.38 bits per heavy atom. The predicted molar refractivity (Wildman–Crippen MR) is 93.6 cm³/mol. The Balaban J connectivity index is 2.08. The smallest absolute Gasteiger partial charge is 0.211 e. The summed E-state index contributed by atoms with van der Waals surface area (Å²) >= 11 is 0. The number of rotatable bonds is 6. The highest BCUT2D eigenvalue weighted by Crippen LogP contribution is 2.26. The summed E-state index contributed by atoms with van der Waals surface area (Å²) in [5, 5.41) is 9.29. The molecular formula is C17H23N3O3S. The third-order valence-corrected chi connectivity index (χ3v) is 5.82. The van der Waals surface area contributed by atoms with Crippen LogP contribution in [-0.4, -0.2) is 39.1 Å². The van der Waals surface area contributed by atoms with Gasteiger partial charge in [0.2, 0.25) is 10.0 Å². The molecular weight excluding hydrogens is 326 g/mol. The molecule has 1 aliphatic heterocycles. The molecule has 1 aromatic carbocycles. The summed E-state index contributed by atoms with van der Waals surface area (Å²) < 4.78 is 26.5. The minimum Gasteiger partial charge on any atom is -0.370 e. The Morgan fingerprint density at radius 3 is 2.58 bits per heavy atom. The maximum atomic E-state index is 11.9. The molecule has 0 spiro atoms. The van der Waals surface area contributed by atoms with E-state index >= 15 is 0 Å². The molecule has 24 heavy (non-hydrogen) atoms. The molecule has 0 aromatic heterocycles. The van der Waals surface area contributed by atoms with Crippen LogP contribution in [0, 0.1) is 11.3 Å². The molecule has 0 radical (unpaired) electrons. The fraction of sp³-hybridized carbons (Fsp3) is 0.529. The number of nitriles is 1. The lowest BCUT2D eigenvalue weighted by Crippen LogP contribution is -2.45. The number of anilines is 1. The van der Waals surface area contributed by atoms with Crippen LogP contribution in [0.5, 0.6) is 0 Å². The Bertz CT molecular complexity index is 745. The fourth-order valence-electron chi connectivity index (χ4n) is 2.93. The molecule has 1 fully saturated rings. The number of nitrogens with zero attached hydrogens (tertiary/aromatic N) is 2. The van der Waals surface area contributed by atoms with Crippen molar-refractivity contribution in [3.8, 4) is 6.07 Å². The van der Waals surface area contributed by atoms with Crippen LogP contribution in [0.2, 0.25) is 0 Å². The minimum absolute atomic E-state index is 0.0389. The second kappa shape index (κ2) is 7.77. The van der Waals surface area contributed by atoms with Gasteiger partial charge in [-0.2, -0.15) is 5.26 Å². The normalized spacial score (nSPS) is 16.0. The molecule has 130 valence electrons. The van der Waals surface area contributed by atoms with Crippen LogP contribution in [0.3, 0.4) is 0 Å². The Labute approximate surface area is 143 Å². The van der Waals surface area contributed by atoms with Crippen molar-refractivity contribution in [2.75, 3.05) is 23.7 Å². The number of hydrogen-bond donors (Lipinski definition) is 1. The van der Waals surface area contributed by atoms with Crippen molar-refractivity contribution in [1.29, 1.82) is 5.26 Å². The topological polar surface area (TPSA) is 90.3 Å². The first kappa shape index (κ1) is 18.4. The van der Waals surface area contributed by atoms with Gasteiger partial charge < -0.3 is 4.90 Å². The van der Waals surface area contributed by atoms with Gasteiger partial charge in [-0.3, -0.25) is 4.79 Å². The van der Waals surface area contributed by atoms with E-state index in [1.54, 1.807) is 18.2 Å². The maximum absolute atomic E-state index is 11.9. The van der Waals surface area contributed by atoms with E-state index in [2.05, 4.69) is 15.7 Å². The SMILES string of the molecule is CCCS(=O)(=O)NC1CCN(c2cc(C(C)=O)ccc2C#N)CC1. The lowest BCUT2D eigenvalue weighted by atomic mass is 10.0. The van der Waals surface area contributed by atoms with Crippen LogP contribution in [-0.2, 0) is 10.0 Å². The summed E-state index contributed by atoms with van der Waals surface area (Å²) in [4.78, 5) is 13.6. The molecule has 1 saturated heterocycles. The van der Waals surface area contributed by atoms with Gasteiger partial charge in [0.05, 0.1) is 17.0 Å². The van der Waals surface area contributed by atoms with E-state index in [1.807, 2.05) is 6.92 Å². The van der Waals surface area contributed by atoms with Gasteiger partial charge in [-0.1, -0.05) is 6.92 Å². The largest absolute Gasteiger partial charge is 0.370 e. The van der Waals surface area contributed by atoms with Crippen molar-refractivity contribution >= 4 is 21.5 Å². The number of sulfonamides is 1. The molecule has 1 aromatic rings. The summed E-state index contributed by atoms with van der Waals surface area (Å²) in [6, 6.07) is 7.17. The van der Waals surface area contributed by atoms with Crippen molar-refractivity contribution in [3.05, 3.63) is 29.3 Å².